The van der Waals surface area contributed by atoms with Crippen molar-refractivity contribution in [2.24, 2.45) is 7.05 Å². The van der Waals surface area contributed by atoms with Gasteiger partial charge in [-0.3, -0.25) is 9.58 Å². The minimum absolute atomic E-state index is 0.128. The number of nitrogens with one attached hydrogen (secondary N) is 1. The normalized spacial score (nSPS) is 18.8. The van der Waals surface area contributed by atoms with E-state index in [1.54, 1.807) is 17.1 Å². The van der Waals surface area contributed by atoms with Crippen molar-refractivity contribution in [3.05, 3.63) is 77.5 Å². The van der Waals surface area contributed by atoms with Crippen molar-refractivity contribution in [2.75, 3.05) is 26.2 Å². The van der Waals surface area contributed by atoms with E-state index in [4.69, 9.17) is 4.74 Å². The summed E-state index contributed by atoms with van der Waals surface area (Å²) in [5.74, 6) is 0.561. The maximum absolute atomic E-state index is 13.5. The fraction of sp³-hybridized carbons (Fsp3) is 0.333. The van der Waals surface area contributed by atoms with E-state index in [1.165, 1.54) is 28.3 Å². The Morgan fingerprint density at radius 2 is 2.12 bits per heavy atom. The highest BCUT2D eigenvalue weighted by atomic mass is 19.1. The zero-order valence-corrected chi connectivity index (χ0v) is 19.3. The van der Waals surface area contributed by atoms with Gasteiger partial charge in [0, 0.05) is 54.9 Å². The minimum atomic E-state index is -0.208. The first-order chi connectivity index (χ1) is 16.6. The van der Waals surface area contributed by atoms with E-state index >= 15 is 0 Å². The standard InChI is InChI=1S/C27H28FN5O/c1-32-17-30-27(31-32)20-2-4-22-19(14-20)9-13-34-26(22)8-12-33-10-6-18(7-11-33)24-16-29-25-15-21(28)3-5-23(24)25/h2-6,14-17,26,29H,7-13H2,1H3. The second-order valence-corrected chi connectivity index (χ2v) is 9.23. The number of rotatable bonds is 5. The molecule has 2 aliphatic rings. The Morgan fingerprint density at radius 3 is 2.94 bits per heavy atom. The van der Waals surface area contributed by atoms with Crippen LogP contribution in [-0.2, 0) is 18.2 Å². The molecule has 2 aliphatic heterocycles. The van der Waals surface area contributed by atoms with Crippen molar-refractivity contribution < 1.29 is 9.13 Å². The average Bonchev–Trinajstić information content (AvgIpc) is 3.48. The predicted molar refractivity (Wildman–Crippen MR) is 131 cm³/mol. The third-order valence-corrected chi connectivity index (χ3v) is 7.03. The molecule has 1 unspecified atom stereocenters. The van der Waals surface area contributed by atoms with E-state index in [9.17, 15) is 4.39 Å². The van der Waals surface area contributed by atoms with E-state index in [-0.39, 0.29) is 11.9 Å². The molecule has 0 amide bonds. The van der Waals surface area contributed by atoms with Gasteiger partial charge in [0.1, 0.15) is 12.1 Å². The van der Waals surface area contributed by atoms with Crippen LogP contribution in [0.15, 0.2) is 55.0 Å². The number of hydrogen-bond acceptors (Lipinski definition) is 4. The summed E-state index contributed by atoms with van der Waals surface area (Å²) >= 11 is 0. The Kier molecular flexibility index (Phi) is 5.51. The topological polar surface area (TPSA) is 59.0 Å². The van der Waals surface area contributed by atoms with Gasteiger partial charge in [-0.05, 0) is 60.2 Å². The molecule has 6 rings (SSSR count). The van der Waals surface area contributed by atoms with E-state index in [0.717, 1.165) is 67.8 Å². The fourth-order valence-corrected chi connectivity index (χ4v) is 5.21. The monoisotopic (exact) mass is 457 g/mol. The van der Waals surface area contributed by atoms with Crippen molar-refractivity contribution in [3.8, 4) is 11.4 Å². The number of aromatic nitrogens is 4. The molecule has 6 nitrogen and oxygen atoms in total. The largest absolute Gasteiger partial charge is 0.373 e. The van der Waals surface area contributed by atoms with Gasteiger partial charge in [-0.2, -0.15) is 5.10 Å². The molecule has 1 N–H and O–H groups in total. The van der Waals surface area contributed by atoms with Gasteiger partial charge in [-0.1, -0.05) is 18.2 Å². The Bertz CT molecular complexity index is 1370. The SMILES string of the molecule is Cn1cnc(-c2ccc3c(c2)CCOC3CCN2CC=C(c3c[nH]c4cc(F)ccc34)CC2)n1. The number of aromatic amines is 1. The van der Waals surface area contributed by atoms with Crippen LogP contribution < -0.4 is 0 Å². The number of H-pyrrole nitrogens is 1. The Hall–Kier alpha value is -3.29. The molecule has 34 heavy (non-hydrogen) atoms. The Morgan fingerprint density at radius 1 is 1.18 bits per heavy atom. The zero-order valence-electron chi connectivity index (χ0n) is 19.3. The maximum atomic E-state index is 13.5. The summed E-state index contributed by atoms with van der Waals surface area (Å²) in [4.78, 5) is 10.1. The third kappa shape index (κ3) is 4.06. The maximum Gasteiger partial charge on any atom is 0.181 e. The molecule has 0 radical (unpaired) electrons. The van der Waals surface area contributed by atoms with Gasteiger partial charge in [0.2, 0.25) is 0 Å². The first-order valence-corrected chi connectivity index (χ1v) is 11.9. The second kappa shape index (κ2) is 8.81. The molecule has 2 aromatic carbocycles. The van der Waals surface area contributed by atoms with Crippen LogP contribution in [0.25, 0.3) is 27.9 Å². The van der Waals surface area contributed by atoms with E-state index in [0.29, 0.717) is 0 Å². The Labute approximate surface area is 198 Å². The smallest absolute Gasteiger partial charge is 0.181 e. The van der Waals surface area contributed by atoms with Crippen LogP contribution in [0.3, 0.4) is 0 Å². The highest BCUT2D eigenvalue weighted by molar-refractivity contribution is 5.92. The van der Waals surface area contributed by atoms with Crippen molar-refractivity contribution >= 4 is 16.5 Å². The molecular weight excluding hydrogens is 429 g/mol. The summed E-state index contributed by atoms with van der Waals surface area (Å²) in [6.45, 7) is 3.69. The van der Waals surface area contributed by atoms with Crippen molar-refractivity contribution in [2.45, 2.75) is 25.4 Å². The molecule has 0 saturated heterocycles. The summed E-state index contributed by atoms with van der Waals surface area (Å²) in [5.41, 5.74) is 7.09. The summed E-state index contributed by atoms with van der Waals surface area (Å²) in [6, 6.07) is 11.5. The van der Waals surface area contributed by atoms with Crippen LogP contribution in [0.4, 0.5) is 4.39 Å². The third-order valence-electron chi connectivity index (χ3n) is 7.03. The molecule has 174 valence electrons. The van der Waals surface area contributed by atoms with E-state index in [2.05, 4.69) is 44.2 Å². The van der Waals surface area contributed by atoms with Gasteiger partial charge in [0.05, 0.1) is 12.7 Å². The highest BCUT2D eigenvalue weighted by Crippen LogP contribution is 2.33. The molecule has 4 aromatic rings. The highest BCUT2D eigenvalue weighted by Gasteiger charge is 2.23. The molecule has 0 bridgehead atoms. The first kappa shape index (κ1) is 21.3. The van der Waals surface area contributed by atoms with Crippen molar-refractivity contribution in [3.63, 3.8) is 0 Å². The number of nitrogens with zero attached hydrogens (tertiary/aromatic N) is 4. The van der Waals surface area contributed by atoms with Gasteiger partial charge in [0.15, 0.2) is 5.82 Å². The van der Waals surface area contributed by atoms with Gasteiger partial charge in [-0.15, -0.1) is 0 Å². The summed E-state index contributed by atoms with van der Waals surface area (Å²) in [6.07, 6.45) is 9.08. The lowest BCUT2D eigenvalue weighted by Gasteiger charge is -2.31. The lowest BCUT2D eigenvalue weighted by atomic mass is 9.93. The fourth-order valence-electron chi connectivity index (χ4n) is 5.21. The molecule has 0 aliphatic carbocycles. The van der Waals surface area contributed by atoms with Gasteiger partial charge >= 0.3 is 0 Å². The summed E-state index contributed by atoms with van der Waals surface area (Å²) in [5, 5.41) is 5.53. The molecule has 7 heteroatoms. The first-order valence-electron chi connectivity index (χ1n) is 11.9. The summed E-state index contributed by atoms with van der Waals surface area (Å²) < 4.78 is 21.4. The molecule has 1 atom stereocenters. The van der Waals surface area contributed by atoms with E-state index < -0.39 is 0 Å². The van der Waals surface area contributed by atoms with Crippen LogP contribution in [0.5, 0.6) is 0 Å². The second-order valence-electron chi connectivity index (χ2n) is 9.23. The number of halogens is 1. The Balaban J connectivity index is 1.11. The molecule has 2 aromatic heterocycles. The average molecular weight is 458 g/mol. The van der Waals surface area contributed by atoms with Crippen LogP contribution in [0, 0.1) is 5.82 Å². The number of hydrogen-bond donors (Lipinski definition) is 1. The predicted octanol–water partition coefficient (Wildman–Crippen LogP) is 4.90. The van der Waals surface area contributed by atoms with Crippen molar-refractivity contribution in [1.29, 1.82) is 0 Å². The quantitative estimate of drug-likeness (QED) is 0.463. The molecule has 0 saturated carbocycles. The minimum Gasteiger partial charge on any atom is -0.373 e. The zero-order chi connectivity index (χ0) is 23.1. The molecule has 4 heterocycles. The van der Waals surface area contributed by atoms with E-state index in [1.807, 2.05) is 19.3 Å². The number of benzene rings is 2. The lowest BCUT2D eigenvalue weighted by molar-refractivity contribution is 0.0300. The summed E-state index contributed by atoms with van der Waals surface area (Å²) in [7, 11) is 1.89. The lowest BCUT2D eigenvalue weighted by Crippen LogP contribution is -2.31. The molecular formula is C27H28FN5O. The van der Waals surface area contributed by atoms with Crippen molar-refractivity contribution in [1.82, 2.24) is 24.6 Å². The molecule has 0 spiro atoms. The number of fused-ring (bicyclic) bond motifs is 2. The van der Waals surface area contributed by atoms with Crippen LogP contribution in [0.2, 0.25) is 0 Å². The van der Waals surface area contributed by atoms with Crippen LogP contribution in [0.1, 0.15) is 35.6 Å². The number of aryl methyl sites for hydroxylation is 1. The van der Waals surface area contributed by atoms with Gasteiger partial charge in [0.25, 0.3) is 0 Å². The molecule has 0 fully saturated rings. The van der Waals surface area contributed by atoms with Crippen LogP contribution >= 0.6 is 0 Å². The van der Waals surface area contributed by atoms with Gasteiger partial charge in [-0.25, -0.2) is 9.37 Å². The van der Waals surface area contributed by atoms with Crippen LogP contribution in [-0.4, -0.2) is 50.9 Å². The number of ether oxygens (including phenoxy) is 1. The van der Waals surface area contributed by atoms with Gasteiger partial charge < -0.3 is 9.72 Å².